The van der Waals surface area contributed by atoms with Gasteiger partial charge in [0.25, 0.3) is 5.91 Å². The molecular weight excluding hydrogens is 330 g/mol. The molecule has 3 heterocycles. The second kappa shape index (κ2) is 5.93. The van der Waals surface area contributed by atoms with Crippen LogP contribution in [0.3, 0.4) is 0 Å². The Morgan fingerprint density at radius 2 is 2.15 bits per heavy atom. The van der Waals surface area contributed by atoms with Crippen LogP contribution >= 0.6 is 0 Å². The third kappa shape index (κ3) is 2.87. The number of nitrogens with zero attached hydrogens (tertiary/aromatic N) is 3. The normalized spacial score (nSPS) is 17.3. The summed E-state index contributed by atoms with van der Waals surface area (Å²) in [6.07, 6.45) is 2.70. The molecule has 0 saturated carbocycles. The van der Waals surface area contributed by atoms with E-state index in [1.807, 2.05) is 19.1 Å². The summed E-state index contributed by atoms with van der Waals surface area (Å²) in [5.41, 5.74) is 3.02. The number of amides is 1. The first-order valence-corrected chi connectivity index (χ1v) is 8.93. The van der Waals surface area contributed by atoms with Gasteiger partial charge in [-0.25, -0.2) is 4.98 Å². The number of H-pyrrole nitrogens is 1. The SMILES string of the molecule is Cc1ccc2c(NC(=O)c3noc4c3CC(C(C)(C)C)CC4)n[nH]c2n1. The Kier molecular flexibility index (Phi) is 3.82. The Balaban J connectivity index is 1.61. The number of aromatic nitrogens is 4. The Hall–Kier alpha value is -2.70. The van der Waals surface area contributed by atoms with Crippen molar-refractivity contribution in [2.45, 2.75) is 47.0 Å². The van der Waals surface area contributed by atoms with Crippen LogP contribution in [-0.4, -0.2) is 26.2 Å². The summed E-state index contributed by atoms with van der Waals surface area (Å²) < 4.78 is 5.44. The van der Waals surface area contributed by atoms with Gasteiger partial charge >= 0.3 is 0 Å². The molecule has 0 fully saturated rings. The van der Waals surface area contributed by atoms with E-state index in [-0.39, 0.29) is 11.3 Å². The highest BCUT2D eigenvalue weighted by Crippen LogP contribution is 2.38. The molecule has 3 aromatic heterocycles. The van der Waals surface area contributed by atoms with E-state index in [4.69, 9.17) is 4.52 Å². The van der Waals surface area contributed by atoms with Gasteiger partial charge in [-0.1, -0.05) is 25.9 Å². The van der Waals surface area contributed by atoms with Gasteiger partial charge in [0, 0.05) is 17.7 Å². The Morgan fingerprint density at radius 3 is 2.92 bits per heavy atom. The van der Waals surface area contributed by atoms with Crippen LogP contribution in [-0.2, 0) is 12.8 Å². The molecule has 7 heteroatoms. The lowest BCUT2D eigenvalue weighted by Crippen LogP contribution is -2.27. The summed E-state index contributed by atoms with van der Waals surface area (Å²) in [6.45, 7) is 8.62. The third-order valence-corrected chi connectivity index (χ3v) is 5.27. The fourth-order valence-electron chi connectivity index (χ4n) is 3.59. The van der Waals surface area contributed by atoms with Crippen molar-refractivity contribution < 1.29 is 9.32 Å². The quantitative estimate of drug-likeness (QED) is 0.733. The highest BCUT2D eigenvalue weighted by atomic mass is 16.5. The van der Waals surface area contributed by atoms with Crippen molar-refractivity contribution >= 4 is 22.8 Å². The second-order valence-corrected chi connectivity index (χ2v) is 8.11. The molecule has 0 radical (unpaired) electrons. The Bertz CT molecular complexity index is 980. The molecule has 0 aliphatic heterocycles. The monoisotopic (exact) mass is 353 g/mol. The molecule has 4 rings (SSSR count). The Morgan fingerprint density at radius 1 is 1.35 bits per heavy atom. The summed E-state index contributed by atoms with van der Waals surface area (Å²) >= 11 is 0. The highest BCUT2D eigenvalue weighted by molar-refractivity contribution is 6.07. The van der Waals surface area contributed by atoms with Crippen molar-refractivity contribution in [3.63, 3.8) is 0 Å². The van der Waals surface area contributed by atoms with Crippen LogP contribution in [0.1, 0.15) is 54.7 Å². The van der Waals surface area contributed by atoms with Crippen molar-refractivity contribution in [2.24, 2.45) is 11.3 Å². The molecule has 1 aliphatic rings. The number of rotatable bonds is 2. The zero-order valence-corrected chi connectivity index (χ0v) is 15.5. The number of carbonyl (C=O) groups excluding carboxylic acids is 1. The molecule has 3 aromatic rings. The van der Waals surface area contributed by atoms with E-state index in [0.717, 1.165) is 41.7 Å². The first-order valence-electron chi connectivity index (χ1n) is 8.93. The summed E-state index contributed by atoms with van der Waals surface area (Å²) in [5.74, 6) is 1.50. The molecule has 1 aliphatic carbocycles. The number of hydrogen-bond donors (Lipinski definition) is 2. The van der Waals surface area contributed by atoms with E-state index in [0.29, 0.717) is 23.1 Å². The lowest BCUT2D eigenvalue weighted by molar-refractivity contribution is 0.101. The van der Waals surface area contributed by atoms with E-state index in [1.54, 1.807) is 0 Å². The summed E-state index contributed by atoms with van der Waals surface area (Å²) in [7, 11) is 0. The predicted molar refractivity (Wildman–Crippen MR) is 98.1 cm³/mol. The fraction of sp³-hybridized carbons (Fsp3) is 0.474. The van der Waals surface area contributed by atoms with Gasteiger partial charge in [0.05, 0.1) is 5.39 Å². The number of fused-ring (bicyclic) bond motifs is 2. The lowest BCUT2D eigenvalue weighted by atomic mass is 9.71. The first kappa shape index (κ1) is 16.8. The second-order valence-electron chi connectivity index (χ2n) is 8.11. The molecule has 0 aromatic carbocycles. The molecule has 1 unspecified atom stereocenters. The fourth-order valence-corrected chi connectivity index (χ4v) is 3.59. The molecule has 1 amide bonds. The Labute approximate surface area is 151 Å². The number of carbonyl (C=O) groups is 1. The molecule has 1 atom stereocenters. The van der Waals surface area contributed by atoms with Crippen molar-refractivity contribution in [1.29, 1.82) is 0 Å². The van der Waals surface area contributed by atoms with Gasteiger partial charge in [-0.3, -0.25) is 9.89 Å². The number of pyridine rings is 1. The average Bonchev–Trinajstić information content (AvgIpc) is 3.17. The minimum Gasteiger partial charge on any atom is -0.360 e. The van der Waals surface area contributed by atoms with Crippen LogP contribution in [0.25, 0.3) is 11.0 Å². The maximum absolute atomic E-state index is 12.8. The van der Waals surface area contributed by atoms with Gasteiger partial charge in [0.1, 0.15) is 5.76 Å². The van der Waals surface area contributed by atoms with Crippen LogP contribution in [0.15, 0.2) is 16.7 Å². The van der Waals surface area contributed by atoms with Crippen molar-refractivity contribution in [2.75, 3.05) is 5.32 Å². The molecule has 7 nitrogen and oxygen atoms in total. The molecule has 26 heavy (non-hydrogen) atoms. The number of aryl methyl sites for hydroxylation is 2. The van der Waals surface area contributed by atoms with Gasteiger partial charge in [-0.05, 0) is 43.2 Å². The summed E-state index contributed by atoms with van der Waals surface area (Å²) in [5, 5.41) is 14.7. The van der Waals surface area contributed by atoms with Gasteiger partial charge < -0.3 is 9.84 Å². The van der Waals surface area contributed by atoms with E-state index in [2.05, 4.69) is 46.4 Å². The first-order chi connectivity index (χ1) is 12.3. The standard InChI is InChI=1S/C19H23N5O2/c1-10-5-7-12-16(20-10)22-23-17(12)21-18(25)15-13-9-11(19(2,3)4)6-8-14(13)26-24-15/h5,7,11H,6,8-9H2,1-4H3,(H2,20,21,22,23,25). The largest absolute Gasteiger partial charge is 0.360 e. The molecular formula is C19H23N5O2. The zero-order chi connectivity index (χ0) is 18.5. The van der Waals surface area contributed by atoms with Gasteiger partial charge in [0.2, 0.25) is 0 Å². The van der Waals surface area contributed by atoms with Crippen LogP contribution in [0.2, 0.25) is 0 Å². The van der Waals surface area contributed by atoms with E-state index >= 15 is 0 Å². The number of hydrogen-bond acceptors (Lipinski definition) is 5. The molecule has 2 N–H and O–H groups in total. The smallest absolute Gasteiger partial charge is 0.279 e. The van der Waals surface area contributed by atoms with Crippen molar-refractivity contribution in [3.8, 4) is 0 Å². The minimum atomic E-state index is -0.293. The molecule has 0 saturated heterocycles. The number of anilines is 1. The summed E-state index contributed by atoms with van der Waals surface area (Å²) in [6, 6.07) is 3.78. The average molecular weight is 353 g/mol. The molecule has 0 bridgehead atoms. The number of nitrogens with one attached hydrogen (secondary N) is 2. The maximum atomic E-state index is 12.8. The van der Waals surface area contributed by atoms with Gasteiger partial charge in [-0.2, -0.15) is 5.10 Å². The third-order valence-electron chi connectivity index (χ3n) is 5.27. The van der Waals surface area contributed by atoms with Crippen LogP contribution < -0.4 is 5.32 Å². The van der Waals surface area contributed by atoms with Gasteiger partial charge in [0.15, 0.2) is 17.2 Å². The number of aromatic amines is 1. The van der Waals surface area contributed by atoms with Crippen LogP contribution in [0, 0.1) is 18.3 Å². The predicted octanol–water partition coefficient (Wildman–Crippen LogP) is 3.66. The van der Waals surface area contributed by atoms with Crippen molar-refractivity contribution in [3.05, 3.63) is 34.8 Å². The van der Waals surface area contributed by atoms with Gasteiger partial charge in [-0.15, -0.1) is 0 Å². The minimum absolute atomic E-state index is 0.185. The van der Waals surface area contributed by atoms with Crippen molar-refractivity contribution in [1.82, 2.24) is 20.3 Å². The lowest BCUT2D eigenvalue weighted by Gasteiger charge is -2.33. The zero-order valence-electron chi connectivity index (χ0n) is 15.5. The highest BCUT2D eigenvalue weighted by Gasteiger charge is 2.34. The van der Waals surface area contributed by atoms with E-state index in [9.17, 15) is 4.79 Å². The molecule has 0 spiro atoms. The maximum Gasteiger partial charge on any atom is 0.279 e. The summed E-state index contributed by atoms with van der Waals surface area (Å²) in [4.78, 5) is 17.2. The van der Waals surface area contributed by atoms with Crippen LogP contribution in [0.4, 0.5) is 5.82 Å². The van der Waals surface area contributed by atoms with E-state index < -0.39 is 0 Å². The van der Waals surface area contributed by atoms with E-state index in [1.165, 1.54) is 0 Å². The van der Waals surface area contributed by atoms with Crippen LogP contribution in [0.5, 0.6) is 0 Å². The topological polar surface area (TPSA) is 96.7 Å². The molecule has 136 valence electrons.